The molecule has 6 rings (SSSR count). The van der Waals surface area contributed by atoms with Crippen LogP contribution >= 0.6 is 11.6 Å². The molecule has 0 unspecified atom stereocenters. The van der Waals surface area contributed by atoms with Gasteiger partial charge in [-0.2, -0.15) is 5.10 Å². The molecule has 0 fully saturated rings. The maximum Gasteiger partial charge on any atom is 0.338 e. The second-order valence-electron chi connectivity index (χ2n) is 11.7. The number of nitrogens with one attached hydrogen (secondary N) is 1. The van der Waals surface area contributed by atoms with Crippen LogP contribution in [-0.4, -0.2) is 54.0 Å². The van der Waals surface area contributed by atoms with Gasteiger partial charge < -0.3 is 15.0 Å². The lowest BCUT2D eigenvalue weighted by atomic mass is 9.97. The van der Waals surface area contributed by atoms with Crippen LogP contribution in [0, 0.1) is 10.1 Å². The Kier molecular flexibility index (Phi) is 8.34. The molecule has 13 heteroatoms. The van der Waals surface area contributed by atoms with E-state index >= 15 is 0 Å². The summed E-state index contributed by atoms with van der Waals surface area (Å²) in [6.45, 7) is 7.43. The Bertz CT molecular complexity index is 1730. The number of nitrogens with zero attached hydrogens (tertiary/aromatic N) is 6. The van der Waals surface area contributed by atoms with Gasteiger partial charge in [-0.15, -0.1) is 0 Å². The molecule has 2 aromatic carbocycles. The van der Waals surface area contributed by atoms with Gasteiger partial charge in [0.25, 0.3) is 5.69 Å². The average molecular weight is 630 g/mol. The highest BCUT2D eigenvalue weighted by atomic mass is 35.5. The normalized spacial score (nSPS) is 17.7. The number of fused-ring (bicyclic) bond motifs is 2. The van der Waals surface area contributed by atoms with Crippen LogP contribution in [0.3, 0.4) is 0 Å². The van der Waals surface area contributed by atoms with Crippen molar-refractivity contribution < 1.29 is 19.2 Å². The molecule has 3 atom stereocenters. The van der Waals surface area contributed by atoms with Crippen LogP contribution in [0.1, 0.15) is 83.6 Å². The van der Waals surface area contributed by atoms with E-state index in [0.717, 1.165) is 22.4 Å². The summed E-state index contributed by atoms with van der Waals surface area (Å²) in [6, 6.07) is 12.9. The van der Waals surface area contributed by atoms with Gasteiger partial charge in [-0.1, -0.05) is 44.5 Å². The molecule has 12 nitrogen and oxygen atoms in total. The Morgan fingerprint density at radius 2 is 1.84 bits per heavy atom. The Morgan fingerprint density at radius 1 is 1.11 bits per heavy atom. The van der Waals surface area contributed by atoms with Gasteiger partial charge >= 0.3 is 5.97 Å². The molecule has 0 radical (unpaired) electrons. The first kappa shape index (κ1) is 30.4. The highest BCUT2D eigenvalue weighted by molar-refractivity contribution is 6.30. The number of hydrogen-bond acceptors (Lipinski definition) is 9. The maximum atomic E-state index is 13.8. The quantitative estimate of drug-likeness (QED) is 0.149. The second kappa shape index (κ2) is 12.4. The predicted molar refractivity (Wildman–Crippen MR) is 165 cm³/mol. The van der Waals surface area contributed by atoms with Crippen molar-refractivity contribution >= 4 is 29.2 Å². The zero-order valence-corrected chi connectivity index (χ0v) is 25.8. The largest absolute Gasteiger partial charge is 0.452 e. The summed E-state index contributed by atoms with van der Waals surface area (Å²) >= 11 is 6.10. The van der Waals surface area contributed by atoms with Gasteiger partial charge in [-0.25, -0.2) is 19.4 Å². The van der Waals surface area contributed by atoms with Crippen molar-refractivity contribution in [1.82, 2.24) is 30.0 Å². The number of nitro groups is 1. The number of esters is 1. The van der Waals surface area contributed by atoms with Crippen LogP contribution in [-0.2, 0) is 22.6 Å². The minimum absolute atomic E-state index is 0.0171. The third kappa shape index (κ3) is 6.16. The number of amides is 1. The Balaban J connectivity index is 1.18. The van der Waals surface area contributed by atoms with Gasteiger partial charge in [0.1, 0.15) is 12.4 Å². The van der Waals surface area contributed by atoms with Gasteiger partial charge in [0.2, 0.25) is 5.91 Å². The summed E-state index contributed by atoms with van der Waals surface area (Å²) in [5.74, 6) is -0.342. The van der Waals surface area contributed by atoms with Gasteiger partial charge in [0.15, 0.2) is 5.82 Å². The van der Waals surface area contributed by atoms with E-state index in [9.17, 15) is 19.7 Å². The van der Waals surface area contributed by atoms with Gasteiger partial charge in [-0.05, 0) is 42.2 Å². The summed E-state index contributed by atoms with van der Waals surface area (Å²) in [5.41, 5.74) is 4.21. The number of non-ortho nitro benzene ring substituents is 1. The molecule has 0 bridgehead atoms. The maximum absolute atomic E-state index is 13.8. The molecule has 0 saturated carbocycles. The van der Waals surface area contributed by atoms with Crippen LogP contribution in [0.2, 0.25) is 5.02 Å². The summed E-state index contributed by atoms with van der Waals surface area (Å²) in [6.07, 6.45) is 3.25. The number of hydrogen-bond donors (Lipinski definition) is 1. The van der Waals surface area contributed by atoms with Crippen molar-refractivity contribution in [3.05, 3.63) is 110 Å². The first-order valence-electron chi connectivity index (χ1n) is 14.7. The zero-order chi connectivity index (χ0) is 31.8. The number of halogens is 1. The highest BCUT2D eigenvalue weighted by Crippen LogP contribution is 2.43. The number of ether oxygens (including phenoxy) is 1. The monoisotopic (exact) mass is 629 g/mol. The molecular formula is C32H32ClN7O5. The second-order valence-corrected chi connectivity index (χ2v) is 12.2. The fourth-order valence-electron chi connectivity index (χ4n) is 5.92. The number of carbonyl (C=O) groups excluding carboxylic acids is 2. The summed E-state index contributed by atoms with van der Waals surface area (Å²) < 4.78 is 7.52. The molecule has 0 saturated heterocycles. The first-order chi connectivity index (χ1) is 21.6. The molecule has 2 aromatic heterocycles. The van der Waals surface area contributed by atoms with Crippen molar-refractivity contribution in [2.45, 2.75) is 64.3 Å². The number of rotatable bonds is 9. The molecule has 45 heavy (non-hydrogen) atoms. The lowest BCUT2D eigenvalue weighted by Crippen LogP contribution is -2.38. The minimum Gasteiger partial charge on any atom is -0.452 e. The van der Waals surface area contributed by atoms with E-state index in [4.69, 9.17) is 21.4 Å². The zero-order valence-electron chi connectivity index (χ0n) is 25.0. The Morgan fingerprint density at radius 3 is 2.51 bits per heavy atom. The minimum atomic E-state index is -0.598. The lowest BCUT2D eigenvalue weighted by Gasteiger charge is -2.25. The van der Waals surface area contributed by atoms with Crippen molar-refractivity contribution in [2.75, 3.05) is 6.54 Å². The summed E-state index contributed by atoms with van der Waals surface area (Å²) in [4.78, 5) is 47.9. The van der Waals surface area contributed by atoms with Crippen LogP contribution in [0.5, 0.6) is 0 Å². The van der Waals surface area contributed by atoms with Crippen molar-refractivity contribution in [2.24, 2.45) is 0 Å². The van der Waals surface area contributed by atoms with E-state index in [1.807, 2.05) is 44.0 Å². The molecule has 1 aliphatic carbocycles. The van der Waals surface area contributed by atoms with E-state index in [0.29, 0.717) is 42.6 Å². The fraction of sp³-hybridized carbons (Fsp3) is 0.344. The predicted octanol–water partition coefficient (Wildman–Crippen LogP) is 5.25. The lowest BCUT2D eigenvalue weighted by molar-refractivity contribution is -0.384. The van der Waals surface area contributed by atoms with Crippen LogP contribution in [0.15, 0.2) is 61.1 Å². The van der Waals surface area contributed by atoms with Crippen LogP contribution in [0.25, 0.3) is 5.82 Å². The molecule has 4 aromatic rings. The molecule has 1 amide bonds. The van der Waals surface area contributed by atoms with Gasteiger partial charge in [0.05, 0.1) is 34.3 Å². The molecule has 0 spiro atoms. The van der Waals surface area contributed by atoms with Crippen molar-refractivity contribution in [1.29, 1.82) is 0 Å². The summed E-state index contributed by atoms with van der Waals surface area (Å²) in [5, 5.41) is 19.8. The molecular weight excluding hydrogens is 598 g/mol. The highest BCUT2D eigenvalue weighted by Gasteiger charge is 2.37. The van der Waals surface area contributed by atoms with E-state index in [1.54, 1.807) is 16.8 Å². The Labute approximate surface area is 264 Å². The van der Waals surface area contributed by atoms with Gasteiger partial charge in [0, 0.05) is 53.6 Å². The molecule has 232 valence electrons. The van der Waals surface area contributed by atoms with E-state index < -0.39 is 17.0 Å². The van der Waals surface area contributed by atoms with Crippen molar-refractivity contribution in [3.63, 3.8) is 0 Å². The Hall–Kier alpha value is -4.68. The number of carbonyl (C=O) groups is 2. The summed E-state index contributed by atoms with van der Waals surface area (Å²) in [7, 11) is 0. The molecule has 1 N–H and O–H groups in total. The third-order valence-corrected chi connectivity index (χ3v) is 8.48. The van der Waals surface area contributed by atoms with Crippen LogP contribution in [0.4, 0.5) is 5.69 Å². The number of aromatic nitrogens is 4. The first-order valence-corrected chi connectivity index (χ1v) is 15.1. The van der Waals surface area contributed by atoms with E-state index in [-0.39, 0.29) is 35.0 Å². The SMILES string of the molecule is CC(C)NC[C@@H](C(=O)N1Cc2cn(-c3ncnc4c3[C@H](C)C[C@H]4OC(=O)c3ccc([N+](=O)[O-])cc3)nc2C1)c1ccc(Cl)cc1. The topological polar surface area (TPSA) is 145 Å². The molecule has 3 heterocycles. The third-order valence-electron chi connectivity index (χ3n) is 8.23. The van der Waals surface area contributed by atoms with E-state index in [1.165, 1.54) is 30.6 Å². The molecule has 2 aliphatic rings. The fourth-order valence-corrected chi connectivity index (χ4v) is 6.04. The number of nitro benzene ring substituents is 1. The smallest absolute Gasteiger partial charge is 0.338 e. The van der Waals surface area contributed by atoms with Gasteiger partial charge in [-0.3, -0.25) is 14.9 Å². The molecule has 1 aliphatic heterocycles. The average Bonchev–Trinajstić information content (AvgIpc) is 3.70. The number of benzene rings is 2. The van der Waals surface area contributed by atoms with Crippen LogP contribution < -0.4 is 5.32 Å². The standard InChI is InChI=1S/C32H32ClN7O5/c1-18(2)34-13-25(20-4-8-23(33)9-5-20)31(41)38-14-22-15-39(37-26(22)16-38)30-28-19(3)12-27(29(28)35-17-36-30)45-32(42)21-6-10-24(11-7-21)40(43)44/h4-11,15,17-19,25,27,34H,12-14,16H2,1-3H3/t19-,25-,27-/m1/s1. The van der Waals surface area contributed by atoms with E-state index in [2.05, 4.69) is 15.3 Å². The van der Waals surface area contributed by atoms with Crippen molar-refractivity contribution in [3.8, 4) is 5.82 Å².